The van der Waals surface area contributed by atoms with E-state index in [2.05, 4.69) is 9.97 Å². The maximum Gasteiger partial charge on any atom is 0.373 e. The predicted octanol–water partition coefficient (Wildman–Crippen LogP) is 1.98. The summed E-state index contributed by atoms with van der Waals surface area (Å²) in [5.74, 6) is 0.232. The number of methoxy groups -OCH3 is 1. The van der Waals surface area contributed by atoms with Gasteiger partial charge in [0.2, 0.25) is 5.82 Å². The Bertz CT molecular complexity index is 537. The molecule has 0 saturated carbocycles. The minimum atomic E-state index is -1.18. The molecule has 0 aliphatic heterocycles. The standard InChI is InChI=1S/C12H10N2O4/c1-17-8-2-4-9(5-3-8)18-10-6-13-11(12(15)16)14-7-10/h2-7H,1H3,(H,15,16). The lowest BCUT2D eigenvalue weighted by molar-refractivity contribution is 0.0683. The van der Waals surface area contributed by atoms with Crippen LogP contribution in [0.25, 0.3) is 0 Å². The van der Waals surface area contributed by atoms with Crippen molar-refractivity contribution in [2.75, 3.05) is 7.11 Å². The van der Waals surface area contributed by atoms with Gasteiger partial charge < -0.3 is 14.6 Å². The molecule has 2 rings (SSSR count). The van der Waals surface area contributed by atoms with Gasteiger partial charge in [-0.2, -0.15) is 0 Å². The number of hydrogen-bond acceptors (Lipinski definition) is 5. The van der Waals surface area contributed by atoms with Crippen LogP contribution in [-0.2, 0) is 0 Å². The van der Waals surface area contributed by atoms with E-state index in [1.54, 1.807) is 31.4 Å². The Morgan fingerprint density at radius 3 is 2.11 bits per heavy atom. The van der Waals surface area contributed by atoms with E-state index in [0.29, 0.717) is 11.5 Å². The van der Waals surface area contributed by atoms with Crippen LogP contribution in [0, 0.1) is 0 Å². The van der Waals surface area contributed by atoms with Crippen molar-refractivity contribution in [2.24, 2.45) is 0 Å². The number of carboxylic acids is 1. The fraction of sp³-hybridized carbons (Fsp3) is 0.0833. The molecule has 0 bridgehead atoms. The first-order valence-corrected chi connectivity index (χ1v) is 5.06. The number of carboxylic acid groups (broad SMARTS) is 1. The average Bonchev–Trinajstić information content (AvgIpc) is 2.40. The minimum Gasteiger partial charge on any atom is -0.497 e. The smallest absolute Gasteiger partial charge is 0.373 e. The Morgan fingerprint density at radius 2 is 1.61 bits per heavy atom. The molecule has 1 aromatic carbocycles. The van der Waals surface area contributed by atoms with Gasteiger partial charge in [0.25, 0.3) is 0 Å². The molecule has 0 radical (unpaired) electrons. The van der Waals surface area contributed by atoms with Crippen LogP contribution < -0.4 is 9.47 Å². The molecule has 1 heterocycles. The molecule has 0 aliphatic rings. The maximum atomic E-state index is 10.6. The molecular weight excluding hydrogens is 236 g/mol. The quantitative estimate of drug-likeness (QED) is 0.888. The fourth-order valence-electron chi connectivity index (χ4n) is 1.26. The number of benzene rings is 1. The topological polar surface area (TPSA) is 81.5 Å². The highest BCUT2D eigenvalue weighted by Crippen LogP contribution is 2.22. The number of rotatable bonds is 4. The lowest BCUT2D eigenvalue weighted by Crippen LogP contribution is -2.03. The second-order valence-corrected chi connectivity index (χ2v) is 3.33. The van der Waals surface area contributed by atoms with E-state index in [1.165, 1.54) is 12.4 Å². The van der Waals surface area contributed by atoms with Gasteiger partial charge in [-0.15, -0.1) is 0 Å². The molecule has 2 aromatic rings. The van der Waals surface area contributed by atoms with Crippen LogP contribution in [-0.4, -0.2) is 28.2 Å². The van der Waals surface area contributed by atoms with E-state index < -0.39 is 5.97 Å². The Labute approximate surface area is 103 Å². The summed E-state index contributed by atoms with van der Waals surface area (Å²) in [6.45, 7) is 0. The summed E-state index contributed by atoms with van der Waals surface area (Å²) in [7, 11) is 1.58. The van der Waals surface area contributed by atoms with Crippen LogP contribution in [0.3, 0.4) is 0 Å². The summed E-state index contributed by atoms with van der Waals surface area (Å²) in [6, 6.07) is 6.96. The number of carbonyl (C=O) groups is 1. The lowest BCUT2D eigenvalue weighted by Gasteiger charge is -2.05. The van der Waals surface area contributed by atoms with Crippen LogP contribution >= 0.6 is 0 Å². The van der Waals surface area contributed by atoms with Crippen molar-refractivity contribution in [1.29, 1.82) is 0 Å². The molecule has 18 heavy (non-hydrogen) atoms. The molecule has 6 heteroatoms. The second kappa shape index (κ2) is 5.13. The largest absolute Gasteiger partial charge is 0.497 e. The van der Waals surface area contributed by atoms with Crippen LogP contribution in [0.4, 0.5) is 0 Å². The first-order valence-electron chi connectivity index (χ1n) is 5.06. The first-order chi connectivity index (χ1) is 8.69. The van der Waals surface area contributed by atoms with Gasteiger partial charge in [0.05, 0.1) is 19.5 Å². The van der Waals surface area contributed by atoms with E-state index in [9.17, 15) is 4.79 Å². The predicted molar refractivity (Wildman–Crippen MR) is 62.1 cm³/mol. The Kier molecular flexibility index (Phi) is 3.38. The summed E-state index contributed by atoms with van der Waals surface area (Å²) >= 11 is 0. The zero-order valence-corrected chi connectivity index (χ0v) is 9.53. The van der Waals surface area contributed by atoms with Crippen molar-refractivity contribution in [1.82, 2.24) is 9.97 Å². The minimum absolute atomic E-state index is 0.267. The Balaban J connectivity index is 2.10. The molecule has 0 fully saturated rings. The molecular formula is C12H10N2O4. The van der Waals surface area contributed by atoms with Crippen molar-refractivity contribution < 1.29 is 19.4 Å². The maximum absolute atomic E-state index is 10.6. The number of hydrogen-bond donors (Lipinski definition) is 1. The van der Waals surface area contributed by atoms with Crippen LogP contribution in [0.2, 0.25) is 0 Å². The Hall–Kier alpha value is -2.63. The third kappa shape index (κ3) is 2.73. The fourth-order valence-corrected chi connectivity index (χ4v) is 1.26. The Morgan fingerprint density at radius 1 is 1.06 bits per heavy atom. The van der Waals surface area contributed by atoms with Crippen molar-refractivity contribution in [3.05, 3.63) is 42.5 Å². The first kappa shape index (κ1) is 11.8. The highest BCUT2D eigenvalue weighted by molar-refractivity contribution is 5.82. The van der Waals surface area contributed by atoms with Gasteiger partial charge in [-0.1, -0.05) is 0 Å². The molecule has 6 nitrogen and oxygen atoms in total. The third-order valence-electron chi connectivity index (χ3n) is 2.11. The van der Waals surface area contributed by atoms with Gasteiger partial charge in [0.1, 0.15) is 11.5 Å². The van der Waals surface area contributed by atoms with Crippen LogP contribution in [0.5, 0.6) is 17.2 Å². The molecule has 0 atom stereocenters. The number of ether oxygens (including phenoxy) is 2. The lowest BCUT2D eigenvalue weighted by atomic mass is 10.3. The molecule has 0 saturated heterocycles. The van der Waals surface area contributed by atoms with Crippen molar-refractivity contribution >= 4 is 5.97 Å². The molecule has 92 valence electrons. The summed E-state index contributed by atoms with van der Waals surface area (Å²) in [4.78, 5) is 17.9. The van der Waals surface area contributed by atoms with Crippen molar-refractivity contribution in [3.63, 3.8) is 0 Å². The van der Waals surface area contributed by atoms with E-state index in [0.717, 1.165) is 5.75 Å². The summed E-state index contributed by atoms with van der Waals surface area (Å²) in [5.41, 5.74) is 0. The molecule has 1 aromatic heterocycles. The van der Waals surface area contributed by atoms with E-state index >= 15 is 0 Å². The van der Waals surface area contributed by atoms with Gasteiger partial charge in [-0.3, -0.25) is 0 Å². The number of aromatic nitrogens is 2. The number of nitrogens with zero attached hydrogens (tertiary/aromatic N) is 2. The zero-order chi connectivity index (χ0) is 13.0. The number of aromatic carboxylic acids is 1. The van der Waals surface area contributed by atoms with Gasteiger partial charge in [-0.05, 0) is 24.3 Å². The van der Waals surface area contributed by atoms with E-state index in [1.807, 2.05) is 0 Å². The molecule has 1 N–H and O–H groups in total. The van der Waals surface area contributed by atoms with Gasteiger partial charge in [-0.25, -0.2) is 14.8 Å². The van der Waals surface area contributed by atoms with Gasteiger partial charge in [0, 0.05) is 0 Å². The van der Waals surface area contributed by atoms with Crippen molar-refractivity contribution in [2.45, 2.75) is 0 Å². The normalized spacial score (nSPS) is 9.83. The van der Waals surface area contributed by atoms with Crippen LogP contribution in [0.1, 0.15) is 10.6 Å². The molecule has 0 spiro atoms. The molecule has 0 aliphatic carbocycles. The van der Waals surface area contributed by atoms with Crippen molar-refractivity contribution in [3.8, 4) is 17.2 Å². The second-order valence-electron chi connectivity index (χ2n) is 3.33. The SMILES string of the molecule is COc1ccc(Oc2cnc(C(=O)O)nc2)cc1. The zero-order valence-electron chi connectivity index (χ0n) is 9.53. The van der Waals surface area contributed by atoms with E-state index in [4.69, 9.17) is 14.6 Å². The monoisotopic (exact) mass is 246 g/mol. The summed E-state index contributed by atoms with van der Waals surface area (Å²) < 4.78 is 10.5. The highest BCUT2D eigenvalue weighted by Gasteiger charge is 2.06. The molecule has 0 unspecified atom stereocenters. The summed E-state index contributed by atoms with van der Waals surface area (Å²) in [5, 5.41) is 8.64. The summed E-state index contributed by atoms with van der Waals surface area (Å²) in [6.07, 6.45) is 2.61. The van der Waals surface area contributed by atoms with Gasteiger partial charge >= 0.3 is 5.97 Å². The van der Waals surface area contributed by atoms with E-state index in [-0.39, 0.29) is 5.82 Å². The van der Waals surface area contributed by atoms with Crippen LogP contribution in [0.15, 0.2) is 36.7 Å². The third-order valence-corrected chi connectivity index (χ3v) is 2.11. The van der Waals surface area contributed by atoms with Gasteiger partial charge in [0.15, 0.2) is 5.75 Å². The molecule has 0 amide bonds. The average molecular weight is 246 g/mol. The highest BCUT2D eigenvalue weighted by atomic mass is 16.5.